The van der Waals surface area contributed by atoms with E-state index >= 15 is 0 Å². The molecule has 1 heterocycles. The molecule has 0 aliphatic carbocycles. The van der Waals surface area contributed by atoms with E-state index in [1.807, 2.05) is 11.8 Å². The maximum atomic E-state index is 11.8. The van der Waals surface area contributed by atoms with Gasteiger partial charge in [-0.3, -0.25) is 0 Å². The van der Waals surface area contributed by atoms with Crippen LogP contribution in [-0.2, 0) is 0 Å². The number of aliphatic hydroxyl groups is 1. The molecule has 0 aromatic carbocycles. The van der Waals surface area contributed by atoms with Crippen molar-refractivity contribution in [1.29, 1.82) is 0 Å². The Balaban J connectivity index is 2.17. The van der Waals surface area contributed by atoms with Crippen molar-refractivity contribution in [3.8, 4) is 0 Å². The van der Waals surface area contributed by atoms with E-state index in [9.17, 15) is 9.90 Å². The number of aliphatic hydroxyl groups excluding tert-OH is 1. The van der Waals surface area contributed by atoms with E-state index in [1.165, 1.54) is 0 Å². The van der Waals surface area contributed by atoms with E-state index in [2.05, 4.69) is 11.6 Å². The van der Waals surface area contributed by atoms with Crippen molar-refractivity contribution in [2.45, 2.75) is 32.3 Å². The quantitative estimate of drug-likeness (QED) is 0.737. The summed E-state index contributed by atoms with van der Waals surface area (Å²) >= 11 is 1.80. The van der Waals surface area contributed by atoms with Gasteiger partial charge >= 0.3 is 6.03 Å². The highest BCUT2D eigenvalue weighted by Crippen LogP contribution is 2.20. The summed E-state index contributed by atoms with van der Waals surface area (Å²) in [5, 5.41) is 12.4. The molecule has 2 amide bonds. The number of nitrogens with one attached hydrogen (secondary N) is 1. The van der Waals surface area contributed by atoms with Gasteiger partial charge < -0.3 is 15.3 Å². The van der Waals surface area contributed by atoms with Crippen molar-refractivity contribution in [3.63, 3.8) is 0 Å². The SMILES string of the molecule is CSCCCNC(=O)N1CCC(C(C)O)CC1. The number of urea groups is 1. The maximum absolute atomic E-state index is 11.8. The zero-order chi connectivity index (χ0) is 12.7. The Morgan fingerprint density at radius 2 is 2.18 bits per heavy atom. The van der Waals surface area contributed by atoms with Gasteiger partial charge in [-0.05, 0) is 44.1 Å². The van der Waals surface area contributed by atoms with Gasteiger partial charge in [0, 0.05) is 19.6 Å². The number of likely N-dealkylation sites (tertiary alicyclic amines) is 1. The van der Waals surface area contributed by atoms with Crippen molar-refractivity contribution in [2.75, 3.05) is 31.6 Å². The van der Waals surface area contributed by atoms with Gasteiger partial charge in [0.15, 0.2) is 0 Å². The Hall–Kier alpha value is -0.420. The minimum Gasteiger partial charge on any atom is -0.393 e. The Kier molecular flexibility index (Phi) is 6.73. The first kappa shape index (κ1) is 14.6. The van der Waals surface area contributed by atoms with Gasteiger partial charge in [0.1, 0.15) is 0 Å². The van der Waals surface area contributed by atoms with Crippen LogP contribution in [0.3, 0.4) is 0 Å². The summed E-state index contributed by atoms with van der Waals surface area (Å²) in [4.78, 5) is 13.6. The highest BCUT2D eigenvalue weighted by atomic mass is 32.2. The molecular formula is C12H24N2O2S. The summed E-state index contributed by atoms with van der Waals surface area (Å²) in [6.07, 6.45) is 4.67. The van der Waals surface area contributed by atoms with Crippen LogP contribution in [0.4, 0.5) is 4.79 Å². The number of amides is 2. The standard InChI is InChI=1S/C12H24N2O2S/c1-10(15)11-4-7-14(8-5-11)12(16)13-6-3-9-17-2/h10-11,15H,3-9H2,1-2H3,(H,13,16). The summed E-state index contributed by atoms with van der Waals surface area (Å²) in [7, 11) is 0. The molecule has 0 spiro atoms. The van der Waals surface area contributed by atoms with Crippen LogP contribution < -0.4 is 5.32 Å². The van der Waals surface area contributed by atoms with Crippen LogP contribution >= 0.6 is 11.8 Å². The maximum Gasteiger partial charge on any atom is 0.317 e. The Labute approximate surface area is 108 Å². The molecular weight excluding hydrogens is 236 g/mol. The van der Waals surface area contributed by atoms with Gasteiger partial charge in [0.25, 0.3) is 0 Å². The van der Waals surface area contributed by atoms with Gasteiger partial charge in [0.2, 0.25) is 0 Å². The van der Waals surface area contributed by atoms with Crippen LogP contribution in [0.15, 0.2) is 0 Å². The molecule has 1 rings (SSSR count). The number of rotatable bonds is 5. The van der Waals surface area contributed by atoms with Crippen LogP contribution in [0.5, 0.6) is 0 Å². The van der Waals surface area contributed by atoms with E-state index < -0.39 is 0 Å². The molecule has 0 saturated carbocycles. The molecule has 1 saturated heterocycles. The van der Waals surface area contributed by atoms with E-state index in [0.29, 0.717) is 5.92 Å². The fourth-order valence-corrected chi connectivity index (χ4v) is 2.54. The molecule has 17 heavy (non-hydrogen) atoms. The zero-order valence-corrected chi connectivity index (χ0v) is 11.6. The van der Waals surface area contributed by atoms with Gasteiger partial charge in [-0.25, -0.2) is 4.79 Å². The van der Waals surface area contributed by atoms with E-state index in [0.717, 1.165) is 44.6 Å². The van der Waals surface area contributed by atoms with Gasteiger partial charge in [-0.1, -0.05) is 0 Å². The number of thioether (sulfide) groups is 1. The van der Waals surface area contributed by atoms with E-state index in [1.54, 1.807) is 11.8 Å². The van der Waals surface area contributed by atoms with Gasteiger partial charge in [-0.15, -0.1) is 0 Å². The van der Waals surface area contributed by atoms with Crippen molar-refractivity contribution in [1.82, 2.24) is 10.2 Å². The third-order valence-electron chi connectivity index (χ3n) is 3.31. The molecule has 0 aromatic heterocycles. The predicted molar refractivity (Wildman–Crippen MR) is 72.4 cm³/mol. The third kappa shape index (κ3) is 5.17. The van der Waals surface area contributed by atoms with Crippen LogP contribution in [-0.4, -0.2) is 53.8 Å². The summed E-state index contributed by atoms with van der Waals surface area (Å²) in [5.74, 6) is 1.44. The molecule has 1 unspecified atom stereocenters. The van der Waals surface area contributed by atoms with Crippen molar-refractivity contribution in [3.05, 3.63) is 0 Å². The molecule has 2 N–H and O–H groups in total. The van der Waals surface area contributed by atoms with Crippen LogP contribution in [0.25, 0.3) is 0 Å². The second-order valence-electron chi connectivity index (χ2n) is 4.64. The minimum atomic E-state index is -0.248. The summed E-state index contributed by atoms with van der Waals surface area (Å²) in [6, 6.07) is 0.0511. The molecule has 100 valence electrons. The number of nitrogens with zero attached hydrogens (tertiary/aromatic N) is 1. The molecule has 4 nitrogen and oxygen atoms in total. The average Bonchev–Trinajstić information content (AvgIpc) is 2.34. The number of piperidine rings is 1. The second-order valence-corrected chi connectivity index (χ2v) is 5.63. The van der Waals surface area contributed by atoms with Crippen LogP contribution in [0, 0.1) is 5.92 Å². The van der Waals surface area contributed by atoms with Gasteiger partial charge in [0.05, 0.1) is 6.10 Å². The fraction of sp³-hybridized carbons (Fsp3) is 0.917. The third-order valence-corrected chi connectivity index (χ3v) is 4.01. The average molecular weight is 260 g/mol. The van der Waals surface area contributed by atoms with Crippen molar-refractivity contribution >= 4 is 17.8 Å². The largest absolute Gasteiger partial charge is 0.393 e. The lowest BCUT2D eigenvalue weighted by atomic mass is 9.92. The lowest BCUT2D eigenvalue weighted by Crippen LogP contribution is -2.46. The molecule has 0 aromatic rings. The monoisotopic (exact) mass is 260 g/mol. The molecule has 1 fully saturated rings. The first-order valence-electron chi connectivity index (χ1n) is 6.35. The predicted octanol–water partition coefficient (Wildman–Crippen LogP) is 1.54. The normalized spacial score (nSPS) is 19.1. The first-order valence-corrected chi connectivity index (χ1v) is 7.74. The van der Waals surface area contributed by atoms with Crippen molar-refractivity contribution in [2.24, 2.45) is 5.92 Å². The molecule has 1 aliphatic heterocycles. The smallest absolute Gasteiger partial charge is 0.317 e. The lowest BCUT2D eigenvalue weighted by molar-refractivity contribution is 0.0799. The Bertz CT molecular complexity index is 229. The van der Waals surface area contributed by atoms with Gasteiger partial charge in [-0.2, -0.15) is 11.8 Å². The van der Waals surface area contributed by atoms with Crippen LogP contribution in [0.1, 0.15) is 26.2 Å². The second kappa shape index (κ2) is 7.82. The number of hydrogen-bond donors (Lipinski definition) is 2. The van der Waals surface area contributed by atoms with Crippen LogP contribution in [0.2, 0.25) is 0 Å². The summed E-state index contributed by atoms with van der Waals surface area (Å²) in [5.41, 5.74) is 0. The molecule has 5 heteroatoms. The summed E-state index contributed by atoms with van der Waals surface area (Å²) in [6.45, 7) is 4.13. The Morgan fingerprint density at radius 3 is 2.71 bits per heavy atom. The lowest BCUT2D eigenvalue weighted by Gasteiger charge is -2.33. The van der Waals surface area contributed by atoms with Crippen molar-refractivity contribution < 1.29 is 9.90 Å². The highest BCUT2D eigenvalue weighted by Gasteiger charge is 2.24. The number of carbonyl (C=O) groups is 1. The Morgan fingerprint density at radius 1 is 1.53 bits per heavy atom. The fourth-order valence-electron chi connectivity index (χ4n) is 2.11. The summed E-state index contributed by atoms with van der Waals surface area (Å²) < 4.78 is 0. The number of hydrogen-bond acceptors (Lipinski definition) is 3. The molecule has 1 aliphatic rings. The number of carbonyl (C=O) groups excluding carboxylic acids is 1. The molecule has 1 atom stereocenters. The first-order chi connectivity index (χ1) is 8.15. The van der Waals surface area contributed by atoms with E-state index in [4.69, 9.17) is 0 Å². The topological polar surface area (TPSA) is 52.6 Å². The zero-order valence-electron chi connectivity index (χ0n) is 10.8. The molecule has 0 bridgehead atoms. The minimum absolute atomic E-state index is 0.0511. The highest BCUT2D eigenvalue weighted by molar-refractivity contribution is 7.98. The molecule has 0 radical (unpaired) electrons. The van der Waals surface area contributed by atoms with E-state index in [-0.39, 0.29) is 12.1 Å².